The van der Waals surface area contributed by atoms with Crippen LogP contribution in [0.25, 0.3) is 0 Å². The number of nitrogens with one attached hydrogen (secondary N) is 2. The maximum atomic E-state index is 12.7. The number of rotatable bonds is 8. The molecule has 0 atom stereocenters. The number of ether oxygens (including phenoxy) is 3. The van der Waals surface area contributed by atoms with E-state index in [9.17, 15) is 14.4 Å². The molecule has 0 aliphatic rings. The Labute approximate surface area is 191 Å². The molecule has 3 aromatic rings. The van der Waals surface area contributed by atoms with E-state index in [0.29, 0.717) is 22.7 Å². The Morgan fingerprint density at radius 2 is 1.39 bits per heavy atom. The fourth-order valence-corrected chi connectivity index (χ4v) is 2.94. The van der Waals surface area contributed by atoms with E-state index in [1.54, 1.807) is 50.4 Å². The summed E-state index contributed by atoms with van der Waals surface area (Å²) < 4.78 is 14.8. The largest absolute Gasteiger partial charge is 0.513 e. The molecular weight excluding hydrogens is 424 g/mol. The first-order valence-electron chi connectivity index (χ1n) is 10.3. The van der Waals surface area contributed by atoms with E-state index in [1.807, 2.05) is 12.1 Å². The van der Waals surface area contributed by atoms with Crippen LogP contribution in [0.2, 0.25) is 0 Å². The number of benzene rings is 3. The summed E-state index contributed by atoms with van der Waals surface area (Å²) in [7, 11) is 1.58. The summed E-state index contributed by atoms with van der Waals surface area (Å²) in [6, 6.07) is 20.2. The molecule has 0 unspecified atom stereocenters. The third-order valence-electron chi connectivity index (χ3n) is 4.55. The van der Waals surface area contributed by atoms with Crippen molar-refractivity contribution in [2.45, 2.75) is 13.3 Å². The molecule has 2 N–H and O–H groups in total. The van der Waals surface area contributed by atoms with Crippen molar-refractivity contribution >= 4 is 29.3 Å². The molecule has 8 heteroatoms. The quantitative estimate of drug-likeness (QED) is 0.384. The summed E-state index contributed by atoms with van der Waals surface area (Å²) in [5, 5.41) is 5.62. The van der Waals surface area contributed by atoms with Crippen LogP contribution < -0.4 is 20.1 Å². The van der Waals surface area contributed by atoms with E-state index in [2.05, 4.69) is 10.6 Å². The fourth-order valence-electron chi connectivity index (χ4n) is 2.94. The number of carbonyl (C=O) groups excluding carboxylic acids is 3. The molecule has 0 saturated heterocycles. The predicted molar refractivity (Wildman–Crippen MR) is 124 cm³/mol. The highest BCUT2D eigenvalue weighted by molar-refractivity contribution is 6.07. The molecule has 33 heavy (non-hydrogen) atoms. The van der Waals surface area contributed by atoms with Gasteiger partial charge in [-0.3, -0.25) is 9.59 Å². The smallest absolute Gasteiger partial charge is 0.497 e. The van der Waals surface area contributed by atoms with Crippen molar-refractivity contribution in [1.82, 2.24) is 0 Å². The standard InChI is InChI=1S/C25H24N2O6/c1-3-32-25(30)33-20-14-10-18(11-15-20)24(29)27-22-7-5-4-6-21(22)26-23(28)16-17-8-12-19(31-2)13-9-17/h4-15H,3,16H2,1-2H3,(H,26,28)(H,27,29). The van der Waals surface area contributed by atoms with E-state index >= 15 is 0 Å². The van der Waals surface area contributed by atoms with Crippen LogP contribution >= 0.6 is 0 Å². The van der Waals surface area contributed by atoms with Crippen molar-refractivity contribution in [3.63, 3.8) is 0 Å². The molecule has 170 valence electrons. The van der Waals surface area contributed by atoms with Gasteiger partial charge in [0.1, 0.15) is 11.5 Å². The number of hydrogen-bond acceptors (Lipinski definition) is 6. The summed E-state index contributed by atoms with van der Waals surface area (Å²) in [6.45, 7) is 1.88. The zero-order chi connectivity index (χ0) is 23.6. The lowest BCUT2D eigenvalue weighted by Crippen LogP contribution is -2.18. The third kappa shape index (κ3) is 6.83. The molecule has 0 saturated carbocycles. The molecule has 2 amide bonds. The van der Waals surface area contributed by atoms with Crippen LogP contribution in [-0.2, 0) is 16.0 Å². The van der Waals surface area contributed by atoms with Crippen LogP contribution in [0.15, 0.2) is 72.8 Å². The number of methoxy groups -OCH3 is 1. The molecule has 0 aromatic heterocycles. The monoisotopic (exact) mass is 448 g/mol. The third-order valence-corrected chi connectivity index (χ3v) is 4.55. The maximum Gasteiger partial charge on any atom is 0.513 e. The van der Waals surface area contributed by atoms with Crippen molar-refractivity contribution in [3.05, 3.63) is 83.9 Å². The van der Waals surface area contributed by atoms with Gasteiger partial charge in [0.25, 0.3) is 5.91 Å². The highest BCUT2D eigenvalue weighted by Crippen LogP contribution is 2.23. The fraction of sp³-hybridized carbons (Fsp3) is 0.160. The minimum absolute atomic E-state index is 0.175. The van der Waals surface area contributed by atoms with Gasteiger partial charge < -0.3 is 24.8 Å². The first-order chi connectivity index (χ1) is 16.0. The normalized spacial score (nSPS) is 10.1. The molecule has 0 aliphatic carbocycles. The van der Waals surface area contributed by atoms with E-state index in [-0.39, 0.29) is 30.6 Å². The van der Waals surface area contributed by atoms with Gasteiger partial charge in [-0.15, -0.1) is 0 Å². The molecule has 0 bridgehead atoms. The molecule has 8 nitrogen and oxygen atoms in total. The molecule has 0 spiro atoms. The first-order valence-corrected chi connectivity index (χ1v) is 10.3. The Morgan fingerprint density at radius 3 is 2.00 bits per heavy atom. The lowest BCUT2D eigenvalue weighted by Gasteiger charge is -2.13. The van der Waals surface area contributed by atoms with E-state index in [0.717, 1.165) is 5.56 Å². The van der Waals surface area contributed by atoms with Crippen LogP contribution in [0.3, 0.4) is 0 Å². The summed E-state index contributed by atoms with van der Waals surface area (Å²) in [4.78, 5) is 36.6. The Balaban J connectivity index is 1.63. The molecule has 0 aliphatic heterocycles. The maximum absolute atomic E-state index is 12.7. The van der Waals surface area contributed by atoms with Crippen LogP contribution in [0, 0.1) is 0 Å². The molecule has 3 rings (SSSR count). The van der Waals surface area contributed by atoms with Crippen LogP contribution in [-0.4, -0.2) is 31.7 Å². The Bertz CT molecular complexity index is 1110. The molecular formula is C25H24N2O6. The van der Waals surface area contributed by atoms with Crippen molar-refractivity contribution in [3.8, 4) is 11.5 Å². The Morgan fingerprint density at radius 1 is 0.788 bits per heavy atom. The number of carbonyl (C=O) groups is 3. The van der Waals surface area contributed by atoms with Gasteiger partial charge >= 0.3 is 6.16 Å². The Hall–Kier alpha value is -4.33. The van der Waals surface area contributed by atoms with Gasteiger partial charge in [0.05, 0.1) is 31.5 Å². The first kappa shape index (κ1) is 23.3. The van der Waals surface area contributed by atoms with Gasteiger partial charge in [-0.1, -0.05) is 24.3 Å². The molecule has 3 aromatic carbocycles. The minimum atomic E-state index is -0.811. The van der Waals surface area contributed by atoms with Gasteiger partial charge in [-0.05, 0) is 61.0 Å². The topological polar surface area (TPSA) is 103 Å². The number of anilines is 2. The SMILES string of the molecule is CCOC(=O)Oc1ccc(C(=O)Nc2ccccc2NC(=O)Cc2ccc(OC)cc2)cc1. The van der Waals surface area contributed by atoms with E-state index in [4.69, 9.17) is 14.2 Å². The zero-order valence-electron chi connectivity index (χ0n) is 18.3. The van der Waals surface area contributed by atoms with Crippen LogP contribution in [0.4, 0.5) is 16.2 Å². The second kappa shape index (κ2) is 11.3. The lowest BCUT2D eigenvalue weighted by molar-refractivity contribution is -0.115. The molecule has 0 fully saturated rings. The van der Waals surface area contributed by atoms with Gasteiger partial charge in [0.2, 0.25) is 5.91 Å². The average molecular weight is 448 g/mol. The minimum Gasteiger partial charge on any atom is -0.497 e. The molecule has 0 radical (unpaired) electrons. The van der Waals surface area contributed by atoms with E-state index < -0.39 is 6.16 Å². The molecule has 0 heterocycles. The zero-order valence-corrected chi connectivity index (χ0v) is 18.3. The van der Waals surface area contributed by atoms with Crippen LogP contribution in [0.1, 0.15) is 22.8 Å². The number of amides is 2. The van der Waals surface area contributed by atoms with Crippen molar-refractivity contribution in [2.75, 3.05) is 24.4 Å². The van der Waals surface area contributed by atoms with Crippen LogP contribution in [0.5, 0.6) is 11.5 Å². The summed E-state index contributed by atoms with van der Waals surface area (Å²) >= 11 is 0. The van der Waals surface area contributed by atoms with Crippen molar-refractivity contribution < 1.29 is 28.6 Å². The summed E-state index contributed by atoms with van der Waals surface area (Å²) in [5.74, 6) is 0.376. The number of para-hydroxylation sites is 2. The Kier molecular flexibility index (Phi) is 8.02. The van der Waals surface area contributed by atoms with Crippen molar-refractivity contribution in [2.24, 2.45) is 0 Å². The highest BCUT2D eigenvalue weighted by Gasteiger charge is 2.12. The summed E-state index contributed by atoms with van der Waals surface area (Å²) in [6.07, 6.45) is -0.636. The van der Waals surface area contributed by atoms with Crippen molar-refractivity contribution in [1.29, 1.82) is 0 Å². The van der Waals surface area contributed by atoms with Gasteiger partial charge in [0.15, 0.2) is 0 Å². The summed E-state index contributed by atoms with van der Waals surface area (Å²) in [5.41, 5.74) is 2.12. The predicted octanol–water partition coefficient (Wildman–Crippen LogP) is 4.66. The average Bonchev–Trinajstić information content (AvgIpc) is 2.81. The van der Waals surface area contributed by atoms with Gasteiger partial charge in [-0.2, -0.15) is 0 Å². The highest BCUT2D eigenvalue weighted by atomic mass is 16.7. The van der Waals surface area contributed by atoms with Gasteiger partial charge in [-0.25, -0.2) is 4.79 Å². The van der Waals surface area contributed by atoms with E-state index in [1.165, 1.54) is 24.3 Å². The second-order valence-corrected chi connectivity index (χ2v) is 6.88. The van der Waals surface area contributed by atoms with Gasteiger partial charge in [0, 0.05) is 5.56 Å². The number of hydrogen-bond donors (Lipinski definition) is 2. The lowest BCUT2D eigenvalue weighted by atomic mass is 10.1. The second-order valence-electron chi connectivity index (χ2n) is 6.88.